The molecule has 5 heteroatoms. The number of hydrogen-bond acceptors (Lipinski definition) is 4. The Bertz CT molecular complexity index is 870. The van der Waals surface area contributed by atoms with Gasteiger partial charge < -0.3 is 14.6 Å². The van der Waals surface area contributed by atoms with E-state index in [9.17, 15) is 9.90 Å². The molecule has 1 aromatic carbocycles. The lowest BCUT2D eigenvalue weighted by molar-refractivity contribution is -0.187. The normalized spacial score (nSPS) is 37.4. The number of amides is 1. The summed E-state index contributed by atoms with van der Waals surface area (Å²) in [5.41, 5.74) is 2.59. The van der Waals surface area contributed by atoms with Crippen molar-refractivity contribution < 1.29 is 19.4 Å². The minimum Gasteiger partial charge on any atom is -0.449 e. The van der Waals surface area contributed by atoms with E-state index in [1.54, 1.807) is 11.8 Å². The third-order valence-corrected chi connectivity index (χ3v) is 7.49. The van der Waals surface area contributed by atoms with E-state index in [0.717, 1.165) is 25.7 Å². The second-order valence-corrected chi connectivity index (χ2v) is 9.35. The van der Waals surface area contributed by atoms with Gasteiger partial charge in [-0.3, -0.25) is 4.90 Å². The summed E-state index contributed by atoms with van der Waals surface area (Å²) in [6.07, 6.45) is 12.1. The van der Waals surface area contributed by atoms with Gasteiger partial charge in [-0.2, -0.15) is 0 Å². The molecule has 1 aliphatic heterocycles. The highest BCUT2D eigenvalue weighted by Crippen LogP contribution is 2.49. The van der Waals surface area contributed by atoms with Crippen molar-refractivity contribution in [2.24, 2.45) is 11.8 Å². The molecule has 1 N–H and O–H groups in total. The molecular weight excluding hydrogens is 378 g/mol. The van der Waals surface area contributed by atoms with Crippen LogP contribution in [0.1, 0.15) is 62.5 Å². The van der Waals surface area contributed by atoms with Crippen LogP contribution in [-0.2, 0) is 9.47 Å². The smallest absolute Gasteiger partial charge is 0.412 e. The van der Waals surface area contributed by atoms with Crippen molar-refractivity contribution >= 4 is 6.09 Å². The first kappa shape index (κ1) is 19.8. The second kappa shape index (κ2) is 7.54. The number of rotatable bonds is 3. The van der Waals surface area contributed by atoms with Gasteiger partial charge in [0.15, 0.2) is 5.79 Å². The van der Waals surface area contributed by atoms with E-state index >= 15 is 0 Å². The second-order valence-electron chi connectivity index (χ2n) is 9.35. The third kappa shape index (κ3) is 3.19. The summed E-state index contributed by atoms with van der Waals surface area (Å²) in [6.45, 7) is 3.83. The van der Waals surface area contributed by atoms with Crippen molar-refractivity contribution in [3.63, 3.8) is 0 Å². The average Bonchev–Trinajstić information content (AvgIpc) is 3.41. The van der Waals surface area contributed by atoms with Crippen molar-refractivity contribution in [1.29, 1.82) is 0 Å². The van der Waals surface area contributed by atoms with Crippen LogP contribution < -0.4 is 0 Å². The number of aliphatic hydroxyl groups is 1. The highest BCUT2D eigenvalue weighted by molar-refractivity contribution is 5.69. The third-order valence-electron chi connectivity index (χ3n) is 7.49. The summed E-state index contributed by atoms with van der Waals surface area (Å²) in [4.78, 5) is 14.9. The lowest BCUT2D eigenvalue weighted by Crippen LogP contribution is -2.50. The maximum absolute atomic E-state index is 13.2. The van der Waals surface area contributed by atoms with Crippen molar-refractivity contribution in [1.82, 2.24) is 4.90 Å². The van der Waals surface area contributed by atoms with E-state index in [0.29, 0.717) is 18.4 Å². The van der Waals surface area contributed by atoms with Gasteiger partial charge in [-0.15, -0.1) is 0 Å². The van der Waals surface area contributed by atoms with Crippen LogP contribution in [0.25, 0.3) is 0 Å². The van der Waals surface area contributed by atoms with E-state index in [1.807, 2.05) is 6.92 Å². The van der Waals surface area contributed by atoms with E-state index in [1.165, 1.54) is 11.1 Å². The number of fused-ring (bicyclic) bond motifs is 3. The molecule has 0 bridgehead atoms. The molecule has 1 aromatic rings. The maximum atomic E-state index is 13.2. The van der Waals surface area contributed by atoms with Crippen LogP contribution in [0, 0.1) is 11.8 Å². The number of carbonyl (C=O) groups is 1. The van der Waals surface area contributed by atoms with Crippen molar-refractivity contribution in [2.45, 2.75) is 69.4 Å². The zero-order chi connectivity index (χ0) is 20.9. The quantitative estimate of drug-likeness (QED) is 0.787. The van der Waals surface area contributed by atoms with Gasteiger partial charge in [0.25, 0.3) is 0 Å². The SMILES string of the molecule is CC1OC(C)(O)[C@H](C2CCCC2)N1C(=O)OCC1c2ccccc2C2C=CC=CC21. The summed E-state index contributed by atoms with van der Waals surface area (Å²) >= 11 is 0. The van der Waals surface area contributed by atoms with Gasteiger partial charge in [0.05, 0.1) is 6.04 Å². The fourth-order valence-corrected chi connectivity index (χ4v) is 6.27. The molecule has 5 unspecified atom stereocenters. The molecule has 0 aromatic heterocycles. The molecule has 1 heterocycles. The summed E-state index contributed by atoms with van der Waals surface area (Å²) < 4.78 is 11.7. The summed E-state index contributed by atoms with van der Waals surface area (Å²) in [6, 6.07) is 8.11. The predicted molar refractivity (Wildman–Crippen MR) is 114 cm³/mol. The van der Waals surface area contributed by atoms with Gasteiger partial charge in [0.1, 0.15) is 12.8 Å². The highest BCUT2D eigenvalue weighted by atomic mass is 16.7. The van der Waals surface area contributed by atoms with Crippen LogP contribution in [0.15, 0.2) is 48.6 Å². The first-order valence-corrected chi connectivity index (χ1v) is 11.3. The van der Waals surface area contributed by atoms with Gasteiger partial charge in [-0.05, 0) is 49.7 Å². The largest absolute Gasteiger partial charge is 0.449 e. The Labute approximate surface area is 178 Å². The Hall–Kier alpha value is -2.11. The van der Waals surface area contributed by atoms with Gasteiger partial charge >= 0.3 is 6.09 Å². The van der Waals surface area contributed by atoms with Crippen molar-refractivity contribution in [3.05, 3.63) is 59.7 Å². The number of carbonyl (C=O) groups excluding carboxylic acids is 1. The molecule has 160 valence electrons. The standard InChI is InChI=1S/C25H31NO4/c1-16-26(23(25(2,28)30-16)17-9-3-4-10-17)24(27)29-15-22-20-13-7-5-11-18(20)19-12-6-8-14-21(19)22/h5-8,11-14,16-18,20,22-23,28H,3-4,9-10,15H2,1-2H3/t16?,18?,20?,22?,23-,25?/m0/s1. The van der Waals surface area contributed by atoms with Gasteiger partial charge in [0.2, 0.25) is 0 Å². The topological polar surface area (TPSA) is 59.0 Å². The van der Waals surface area contributed by atoms with E-state index in [4.69, 9.17) is 9.47 Å². The molecule has 5 rings (SSSR count). The molecule has 30 heavy (non-hydrogen) atoms. The van der Waals surface area contributed by atoms with Crippen LogP contribution in [-0.4, -0.2) is 40.8 Å². The van der Waals surface area contributed by atoms with Gasteiger partial charge in [-0.25, -0.2) is 4.79 Å². The average molecular weight is 410 g/mol. The van der Waals surface area contributed by atoms with Crippen LogP contribution in [0.4, 0.5) is 4.79 Å². The van der Waals surface area contributed by atoms with Gasteiger partial charge in [0, 0.05) is 11.8 Å². The number of hydrogen-bond donors (Lipinski definition) is 1. The van der Waals surface area contributed by atoms with Crippen LogP contribution in [0.2, 0.25) is 0 Å². The molecular formula is C25H31NO4. The van der Waals surface area contributed by atoms with E-state index in [2.05, 4.69) is 48.6 Å². The van der Waals surface area contributed by atoms with E-state index < -0.39 is 12.0 Å². The Morgan fingerprint density at radius 1 is 1.20 bits per heavy atom. The number of benzene rings is 1. The van der Waals surface area contributed by atoms with Crippen LogP contribution in [0.5, 0.6) is 0 Å². The lowest BCUT2D eigenvalue weighted by atomic mass is 9.84. The molecule has 2 fully saturated rings. The molecule has 1 amide bonds. The monoisotopic (exact) mass is 409 g/mol. The Morgan fingerprint density at radius 2 is 1.90 bits per heavy atom. The molecule has 6 atom stereocenters. The highest BCUT2D eigenvalue weighted by Gasteiger charge is 2.54. The predicted octanol–water partition coefficient (Wildman–Crippen LogP) is 4.69. The minimum absolute atomic E-state index is 0.139. The number of nitrogens with zero attached hydrogens (tertiary/aromatic N) is 1. The van der Waals surface area contributed by atoms with Crippen LogP contribution in [0.3, 0.4) is 0 Å². The molecule has 0 radical (unpaired) electrons. The zero-order valence-electron chi connectivity index (χ0n) is 17.7. The van der Waals surface area contributed by atoms with E-state index in [-0.39, 0.29) is 24.0 Å². The molecule has 5 nitrogen and oxygen atoms in total. The number of allylic oxidation sites excluding steroid dienone is 4. The minimum atomic E-state index is -1.34. The number of ether oxygens (including phenoxy) is 2. The fourth-order valence-electron chi connectivity index (χ4n) is 6.27. The van der Waals surface area contributed by atoms with Crippen LogP contribution >= 0.6 is 0 Å². The van der Waals surface area contributed by atoms with Gasteiger partial charge in [-0.1, -0.05) is 61.4 Å². The van der Waals surface area contributed by atoms with Crippen molar-refractivity contribution in [3.8, 4) is 0 Å². The Morgan fingerprint density at radius 3 is 2.67 bits per heavy atom. The molecule has 0 spiro atoms. The molecule has 1 saturated carbocycles. The summed E-state index contributed by atoms with van der Waals surface area (Å²) in [5, 5.41) is 10.9. The molecule has 4 aliphatic rings. The molecule has 1 saturated heterocycles. The fraction of sp³-hybridized carbons (Fsp3) is 0.560. The zero-order valence-corrected chi connectivity index (χ0v) is 17.7. The maximum Gasteiger partial charge on any atom is 0.412 e. The van der Waals surface area contributed by atoms with Crippen molar-refractivity contribution in [2.75, 3.05) is 6.61 Å². The lowest BCUT2D eigenvalue weighted by Gasteiger charge is -2.34. The molecule has 3 aliphatic carbocycles. The first-order valence-electron chi connectivity index (χ1n) is 11.3. The summed E-state index contributed by atoms with van der Waals surface area (Å²) in [7, 11) is 0. The Kier molecular flexibility index (Phi) is 4.98. The first-order chi connectivity index (χ1) is 14.5. The Balaban J connectivity index is 1.34. The summed E-state index contributed by atoms with van der Waals surface area (Å²) in [5.74, 6) is -0.298.